The Bertz CT molecular complexity index is 818. The van der Waals surface area contributed by atoms with Crippen molar-refractivity contribution in [3.63, 3.8) is 0 Å². The van der Waals surface area contributed by atoms with E-state index in [0.717, 1.165) is 36.3 Å². The van der Waals surface area contributed by atoms with Gasteiger partial charge in [-0.3, -0.25) is 4.79 Å². The minimum Gasteiger partial charge on any atom is -0.293 e. The first-order valence-electron chi connectivity index (χ1n) is 9.21. The molecule has 2 unspecified atom stereocenters. The highest BCUT2D eigenvalue weighted by Crippen LogP contribution is 2.42. The van der Waals surface area contributed by atoms with Crippen LogP contribution in [-0.4, -0.2) is 5.78 Å². The molecule has 4 rings (SSSR count). The molecule has 0 fully saturated rings. The minimum absolute atomic E-state index is 0.0797. The standard InChI is InChI=1S/C23H23ClO/c1-15-14-18(16-6-10-19(24)11-7-16)9-12-20(15)22-13-8-17-4-2-3-5-21(17)23(22)25/h2-7,10-12,15,18,22H,8-9,13-14H2,1H3/t15-,18?,22?/m0/s1. The predicted molar refractivity (Wildman–Crippen MR) is 103 cm³/mol. The fourth-order valence-electron chi connectivity index (χ4n) is 4.55. The molecule has 2 aliphatic rings. The highest BCUT2D eigenvalue weighted by molar-refractivity contribution is 6.30. The van der Waals surface area contributed by atoms with E-state index in [1.54, 1.807) is 0 Å². The number of benzene rings is 2. The van der Waals surface area contributed by atoms with E-state index in [1.807, 2.05) is 30.3 Å². The van der Waals surface area contributed by atoms with Crippen molar-refractivity contribution < 1.29 is 4.79 Å². The van der Waals surface area contributed by atoms with Crippen LogP contribution in [0.1, 0.15) is 53.6 Å². The molecule has 0 saturated heterocycles. The second-order valence-electron chi connectivity index (χ2n) is 7.44. The Balaban J connectivity index is 1.56. The lowest BCUT2D eigenvalue weighted by Crippen LogP contribution is -2.28. The van der Waals surface area contributed by atoms with Gasteiger partial charge in [0, 0.05) is 16.5 Å². The van der Waals surface area contributed by atoms with Gasteiger partial charge in [0.15, 0.2) is 5.78 Å². The average molecular weight is 351 g/mol. The third-order valence-electron chi connectivity index (χ3n) is 5.89. The average Bonchev–Trinajstić information content (AvgIpc) is 2.63. The zero-order valence-corrected chi connectivity index (χ0v) is 15.3. The van der Waals surface area contributed by atoms with Crippen LogP contribution in [0.2, 0.25) is 5.02 Å². The fraction of sp³-hybridized carbons (Fsp3) is 0.348. The third kappa shape index (κ3) is 3.18. The van der Waals surface area contributed by atoms with Crippen molar-refractivity contribution in [2.24, 2.45) is 11.8 Å². The van der Waals surface area contributed by atoms with Crippen LogP contribution in [-0.2, 0) is 6.42 Å². The first kappa shape index (κ1) is 16.6. The van der Waals surface area contributed by atoms with Gasteiger partial charge in [-0.2, -0.15) is 0 Å². The van der Waals surface area contributed by atoms with Crippen molar-refractivity contribution in [1.82, 2.24) is 0 Å². The van der Waals surface area contributed by atoms with E-state index >= 15 is 0 Å². The Morgan fingerprint density at radius 3 is 2.56 bits per heavy atom. The van der Waals surface area contributed by atoms with Crippen molar-refractivity contribution in [2.75, 3.05) is 0 Å². The molecule has 2 heteroatoms. The molecule has 0 heterocycles. The van der Waals surface area contributed by atoms with Crippen molar-refractivity contribution in [3.05, 3.63) is 81.9 Å². The fourth-order valence-corrected chi connectivity index (χ4v) is 4.67. The minimum atomic E-state index is 0.0797. The smallest absolute Gasteiger partial charge is 0.170 e. The summed E-state index contributed by atoms with van der Waals surface area (Å²) in [5.41, 5.74) is 4.87. The molecule has 1 nitrogen and oxygen atoms in total. The summed E-state index contributed by atoms with van der Waals surface area (Å²) in [7, 11) is 0. The van der Waals surface area contributed by atoms with E-state index in [-0.39, 0.29) is 5.92 Å². The largest absolute Gasteiger partial charge is 0.293 e. The van der Waals surface area contributed by atoms with Crippen LogP contribution in [0.3, 0.4) is 0 Å². The lowest BCUT2D eigenvalue weighted by atomic mass is 9.70. The number of hydrogen-bond donors (Lipinski definition) is 0. The molecule has 2 aromatic rings. The van der Waals surface area contributed by atoms with Crippen LogP contribution in [0.5, 0.6) is 0 Å². The Labute approximate surface area is 154 Å². The molecule has 0 amide bonds. The summed E-state index contributed by atoms with van der Waals surface area (Å²) in [6.45, 7) is 2.28. The molecule has 0 radical (unpaired) electrons. The highest BCUT2D eigenvalue weighted by Gasteiger charge is 2.34. The molecule has 2 aromatic carbocycles. The van der Waals surface area contributed by atoms with Crippen molar-refractivity contribution in [3.8, 4) is 0 Å². The molecule has 128 valence electrons. The summed E-state index contributed by atoms with van der Waals surface area (Å²) in [5, 5.41) is 0.787. The summed E-state index contributed by atoms with van der Waals surface area (Å²) in [6.07, 6.45) is 6.45. The van der Waals surface area contributed by atoms with Crippen LogP contribution in [0, 0.1) is 11.8 Å². The van der Waals surface area contributed by atoms with Crippen molar-refractivity contribution in [1.29, 1.82) is 0 Å². The highest BCUT2D eigenvalue weighted by atomic mass is 35.5. The number of fused-ring (bicyclic) bond motifs is 1. The van der Waals surface area contributed by atoms with Gasteiger partial charge in [-0.25, -0.2) is 0 Å². The van der Waals surface area contributed by atoms with E-state index in [0.29, 0.717) is 17.6 Å². The van der Waals surface area contributed by atoms with Gasteiger partial charge in [0.05, 0.1) is 0 Å². The molecule has 0 bridgehead atoms. The Morgan fingerprint density at radius 1 is 1.04 bits per heavy atom. The number of ketones is 1. The van der Waals surface area contributed by atoms with Crippen molar-refractivity contribution in [2.45, 2.75) is 38.5 Å². The number of allylic oxidation sites excluding steroid dienone is 2. The number of aryl methyl sites for hydroxylation is 1. The van der Waals surface area contributed by atoms with E-state index in [1.165, 1.54) is 16.7 Å². The number of hydrogen-bond acceptors (Lipinski definition) is 1. The molecule has 0 saturated carbocycles. The van der Waals surface area contributed by atoms with E-state index in [2.05, 4.69) is 31.2 Å². The van der Waals surface area contributed by atoms with Crippen LogP contribution in [0.4, 0.5) is 0 Å². The normalized spacial score (nSPS) is 26.1. The molecule has 0 aliphatic heterocycles. The van der Waals surface area contributed by atoms with Crippen LogP contribution >= 0.6 is 11.6 Å². The molecule has 0 spiro atoms. The summed E-state index contributed by atoms with van der Waals surface area (Å²) < 4.78 is 0. The summed E-state index contributed by atoms with van der Waals surface area (Å²) >= 11 is 6.01. The van der Waals surface area contributed by atoms with E-state index < -0.39 is 0 Å². The first-order valence-corrected chi connectivity index (χ1v) is 9.59. The Kier molecular flexibility index (Phi) is 4.52. The number of carbonyl (C=O) groups excluding carboxylic acids is 1. The zero-order chi connectivity index (χ0) is 17.4. The van der Waals surface area contributed by atoms with E-state index in [9.17, 15) is 4.79 Å². The predicted octanol–water partition coefficient (Wildman–Crippen LogP) is 6.23. The van der Waals surface area contributed by atoms with Crippen molar-refractivity contribution >= 4 is 17.4 Å². The Morgan fingerprint density at radius 2 is 1.80 bits per heavy atom. The maximum absolute atomic E-state index is 13.0. The van der Waals surface area contributed by atoms with Gasteiger partial charge in [0.1, 0.15) is 0 Å². The quantitative estimate of drug-likeness (QED) is 0.587. The molecule has 3 atom stereocenters. The van der Waals surface area contributed by atoms with Gasteiger partial charge in [0.2, 0.25) is 0 Å². The number of carbonyl (C=O) groups is 1. The SMILES string of the molecule is C[C@H]1CC(c2ccc(Cl)cc2)CC=C1C1CCc2ccccc2C1=O. The second-order valence-corrected chi connectivity index (χ2v) is 7.87. The van der Waals surface area contributed by atoms with Gasteiger partial charge >= 0.3 is 0 Å². The number of halogens is 1. The van der Waals surface area contributed by atoms with Gasteiger partial charge in [0.25, 0.3) is 0 Å². The molecular formula is C23H23ClO. The van der Waals surface area contributed by atoms with Crippen LogP contribution in [0.25, 0.3) is 0 Å². The molecule has 2 aliphatic carbocycles. The topological polar surface area (TPSA) is 17.1 Å². The summed E-state index contributed by atoms with van der Waals surface area (Å²) in [6, 6.07) is 16.3. The molecular weight excluding hydrogens is 328 g/mol. The number of Topliss-reactive ketones (excluding diaryl/α,β-unsaturated/α-hetero) is 1. The molecule has 0 aromatic heterocycles. The van der Waals surface area contributed by atoms with Gasteiger partial charge in [-0.15, -0.1) is 0 Å². The van der Waals surface area contributed by atoms with Gasteiger partial charge < -0.3 is 0 Å². The lowest BCUT2D eigenvalue weighted by molar-refractivity contribution is 0.0916. The lowest BCUT2D eigenvalue weighted by Gasteiger charge is -2.34. The zero-order valence-electron chi connectivity index (χ0n) is 14.5. The van der Waals surface area contributed by atoms with Crippen LogP contribution < -0.4 is 0 Å². The third-order valence-corrected chi connectivity index (χ3v) is 6.14. The van der Waals surface area contributed by atoms with E-state index in [4.69, 9.17) is 11.6 Å². The molecule has 25 heavy (non-hydrogen) atoms. The van der Waals surface area contributed by atoms with Crippen LogP contribution in [0.15, 0.2) is 60.2 Å². The molecule has 0 N–H and O–H groups in total. The maximum atomic E-state index is 13.0. The first-order chi connectivity index (χ1) is 12.1. The monoisotopic (exact) mass is 350 g/mol. The van der Waals surface area contributed by atoms with Gasteiger partial charge in [-0.05, 0) is 60.8 Å². The maximum Gasteiger partial charge on any atom is 0.170 e. The summed E-state index contributed by atoms with van der Waals surface area (Å²) in [4.78, 5) is 13.0. The number of rotatable bonds is 2. The second kappa shape index (κ2) is 6.80. The summed E-state index contributed by atoms with van der Waals surface area (Å²) in [5.74, 6) is 1.39. The van der Waals surface area contributed by atoms with Gasteiger partial charge in [-0.1, -0.05) is 66.6 Å². The Hall–Kier alpha value is -1.86.